The second-order valence-electron chi connectivity index (χ2n) is 7.77. The van der Waals surface area contributed by atoms with Gasteiger partial charge in [-0.1, -0.05) is 0 Å². The zero-order valence-corrected chi connectivity index (χ0v) is 18.7. The quantitative estimate of drug-likeness (QED) is 0.236. The number of nitrogens with zero attached hydrogens (tertiary/aromatic N) is 2. The first kappa shape index (κ1) is 25.0. The molecule has 2 aromatic heterocycles. The van der Waals surface area contributed by atoms with Crippen molar-refractivity contribution < 1.29 is 29.4 Å². The molecule has 0 radical (unpaired) electrons. The molecule has 0 fully saturated rings. The summed E-state index contributed by atoms with van der Waals surface area (Å²) in [4.78, 5) is 69.6. The van der Waals surface area contributed by atoms with Crippen LogP contribution in [0.4, 0.5) is 11.6 Å². The van der Waals surface area contributed by atoms with E-state index < -0.39 is 30.3 Å². The van der Waals surface area contributed by atoms with E-state index in [0.29, 0.717) is 28.8 Å². The third-order valence-electron chi connectivity index (χ3n) is 5.25. The van der Waals surface area contributed by atoms with Crippen LogP contribution in [-0.2, 0) is 20.8 Å². The Bertz CT molecular complexity index is 1330. The molecule has 0 spiro atoms. The van der Waals surface area contributed by atoms with Gasteiger partial charge in [-0.3, -0.25) is 24.2 Å². The highest BCUT2D eigenvalue weighted by Gasteiger charge is 2.22. The van der Waals surface area contributed by atoms with Gasteiger partial charge in [0.2, 0.25) is 11.9 Å². The molecule has 0 bridgehead atoms. The molecular formula is C22H24N6O7. The van der Waals surface area contributed by atoms with Crippen LogP contribution in [0.5, 0.6) is 0 Å². The lowest BCUT2D eigenvalue weighted by Crippen LogP contribution is -2.41. The van der Waals surface area contributed by atoms with E-state index in [1.54, 1.807) is 18.2 Å². The molecule has 0 aliphatic rings. The van der Waals surface area contributed by atoms with Gasteiger partial charge in [-0.25, -0.2) is 4.79 Å². The van der Waals surface area contributed by atoms with Crippen LogP contribution >= 0.6 is 0 Å². The maximum absolute atomic E-state index is 12.4. The molecule has 0 aliphatic heterocycles. The first-order chi connectivity index (χ1) is 16.5. The van der Waals surface area contributed by atoms with Gasteiger partial charge in [-0.05, 0) is 36.8 Å². The number of aromatic nitrogens is 3. The highest BCUT2D eigenvalue weighted by Crippen LogP contribution is 2.18. The van der Waals surface area contributed by atoms with E-state index in [1.165, 1.54) is 24.0 Å². The van der Waals surface area contributed by atoms with E-state index in [2.05, 4.69) is 20.3 Å². The number of carboxylic acids is 2. The summed E-state index contributed by atoms with van der Waals surface area (Å²) in [5.41, 5.74) is 6.85. The molecule has 0 saturated heterocycles. The number of hydrogen-bond donors (Lipinski definition) is 6. The molecule has 2 amide bonds. The molecule has 3 aromatic rings. The zero-order chi connectivity index (χ0) is 25.7. The summed E-state index contributed by atoms with van der Waals surface area (Å²) in [6, 6.07) is 6.25. The first-order valence-electron chi connectivity index (χ1n) is 10.6. The van der Waals surface area contributed by atoms with Crippen molar-refractivity contribution in [1.82, 2.24) is 20.3 Å². The minimum absolute atomic E-state index is 0.0121. The average molecular weight is 484 g/mol. The van der Waals surface area contributed by atoms with Crippen molar-refractivity contribution in [2.75, 3.05) is 17.2 Å². The number of nitrogens with one attached hydrogen (secondary N) is 3. The van der Waals surface area contributed by atoms with Crippen LogP contribution in [0.1, 0.15) is 35.8 Å². The predicted octanol–water partition coefficient (Wildman–Crippen LogP) is 0.477. The molecular weight excluding hydrogens is 460 g/mol. The zero-order valence-electron chi connectivity index (χ0n) is 18.7. The number of carbonyl (C=O) groups excluding carboxylic acids is 2. The maximum atomic E-state index is 12.4. The minimum atomic E-state index is -1.35. The van der Waals surface area contributed by atoms with E-state index >= 15 is 0 Å². The molecule has 35 heavy (non-hydrogen) atoms. The van der Waals surface area contributed by atoms with Gasteiger partial charge in [0.1, 0.15) is 11.7 Å². The number of H-pyrrole nitrogens is 2. The van der Waals surface area contributed by atoms with Crippen LogP contribution in [0.3, 0.4) is 0 Å². The lowest BCUT2D eigenvalue weighted by atomic mass is 10.1. The van der Waals surface area contributed by atoms with Crippen LogP contribution < -0.4 is 21.5 Å². The maximum Gasteiger partial charge on any atom is 0.326 e. The van der Waals surface area contributed by atoms with Gasteiger partial charge < -0.3 is 31.1 Å². The number of carbonyl (C=O) groups is 4. The fraction of sp³-hybridized carbons (Fsp3) is 0.273. The van der Waals surface area contributed by atoms with E-state index in [4.69, 9.17) is 10.8 Å². The van der Waals surface area contributed by atoms with Crippen molar-refractivity contribution in [2.45, 2.75) is 32.2 Å². The van der Waals surface area contributed by atoms with Crippen molar-refractivity contribution in [1.29, 1.82) is 0 Å². The number of benzene rings is 1. The summed E-state index contributed by atoms with van der Waals surface area (Å²) in [5.74, 6) is -3.45. The van der Waals surface area contributed by atoms with Crippen LogP contribution in [-0.4, -0.2) is 61.5 Å². The van der Waals surface area contributed by atoms with Crippen LogP contribution in [0.25, 0.3) is 11.0 Å². The topological polar surface area (TPSA) is 212 Å². The van der Waals surface area contributed by atoms with Gasteiger partial charge >= 0.3 is 11.9 Å². The number of fused-ring (bicyclic) bond motifs is 1. The average Bonchev–Trinajstić information content (AvgIpc) is 3.19. The number of hydrogen-bond acceptors (Lipinski definition) is 7. The second kappa shape index (κ2) is 10.5. The number of aromatic amines is 2. The standard InChI is InChI=1S/C22H24N6O7/c1-11(29)28(9-8-13-10-15-18(24-13)26-22(23)27-20(15)33)14-4-2-12(3-5-14)19(32)25-16(21(34)35)6-7-17(30)31/h2-5,10,16H,6-9H2,1H3,(H,25,32)(H,30,31)(H,34,35)(H4,23,24,26,27,33)/t16-/m0/s1. The minimum Gasteiger partial charge on any atom is -0.481 e. The van der Waals surface area contributed by atoms with Crippen molar-refractivity contribution in [2.24, 2.45) is 0 Å². The van der Waals surface area contributed by atoms with E-state index in [-0.39, 0.29) is 35.9 Å². The number of aliphatic carboxylic acids is 2. The Morgan fingerprint density at radius 2 is 1.83 bits per heavy atom. The predicted molar refractivity (Wildman–Crippen MR) is 125 cm³/mol. The molecule has 7 N–H and O–H groups in total. The molecule has 184 valence electrons. The van der Waals surface area contributed by atoms with Gasteiger partial charge in [0.05, 0.1) is 5.39 Å². The van der Waals surface area contributed by atoms with Gasteiger partial charge in [-0.15, -0.1) is 0 Å². The molecule has 0 unspecified atom stereocenters. The summed E-state index contributed by atoms with van der Waals surface area (Å²) in [7, 11) is 0. The normalized spacial score (nSPS) is 11.7. The molecule has 13 heteroatoms. The first-order valence-corrected chi connectivity index (χ1v) is 10.6. The van der Waals surface area contributed by atoms with Crippen LogP contribution in [0.15, 0.2) is 35.1 Å². The van der Waals surface area contributed by atoms with Gasteiger partial charge in [0.15, 0.2) is 0 Å². The number of rotatable bonds is 10. The van der Waals surface area contributed by atoms with Gasteiger partial charge in [0.25, 0.3) is 11.5 Å². The fourth-order valence-corrected chi connectivity index (χ4v) is 3.49. The van der Waals surface area contributed by atoms with Gasteiger partial charge in [0, 0.05) is 43.3 Å². The van der Waals surface area contributed by atoms with E-state index in [9.17, 15) is 29.1 Å². The van der Waals surface area contributed by atoms with Crippen molar-refractivity contribution in [3.05, 3.63) is 51.9 Å². The highest BCUT2D eigenvalue weighted by molar-refractivity contribution is 5.98. The summed E-state index contributed by atoms with van der Waals surface area (Å²) in [6.07, 6.45) is -0.284. The van der Waals surface area contributed by atoms with E-state index in [0.717, 1.165) is 0 Å². The summed E-state index contributed by atoms with van der Waals surface area (Å²) in [6.45, 7) is 1.65. The number of anilines is 2. The van der Waals surface area contributed by atoms with Crippen molar-refractivity contribution in [3.8, 4) is 0 Å². The molecule has 1 atom stereocenters. The largest absolute Gasteiger partial charge is 0.481 e. The smallest absolute Gasteiger partial charge is 0.326 e. The van der Waals surface area contributed by atoms with E-state index in [1.807, 2.05) is 0 Å². The SMILES string of the molecule is CC(=O)N(CCc1cc2c(=O)[nH]c(N)nc2[nH]1)c1ccc(C(=O)N[C@@H](CCC(=O)O)C(=O)O)cc1. The van der Waals surface area contributed by atoms with Gasteiger partial charge in [-0.2, -0.15) is 4.98 Å². The Balaban J connectivity index is 1.69. The summed E-state index contributed by atoms with van der Waals surface area (Å²) < 4.78 is 0. The Kier molecular flexibility index (Phi) is 7.49. The third-order valence-corrected chi connectivity index (χ3v) is 5.25. The molecule has 0 aliphatic carbocycles. The van der Waals surface area contributed by atoms with Crippen LogP contribution in [0, 0.1) is 0 Å². The molecule has 0 saturated carbocycles. The lowest BCUT2D eigenvalue weighted by molar-refractivity contribution is -0.140. The summed E-state index contributed by atoms with van der Waals surface area (Å²) >= 11 is 0. The lowest BCUT2D eigenvalue weighted by Gasteiger charge is -2.21. The Morgan fingerprint density at radius 3 is 2.43 bits per heavy atom. The number of nitrogen functional groups attached to an aromatic ring is 1. The van der Waals surface area contributed by atoms with Crippen molar-refractivity contribution in [3.63, 3.8) is 0 Å². The summed E-state index contributed by atoms with van der Waals surface area (Å²) in [5, 5.41) is 20.6. The number of carboxylic acid groups (broad SMARTS) is 2. The fourth-order valence-electron chi connectivity index (χ4n) is 3.49. The number of amides is 2. The highest BCUT2D eigenvalue weighted by atomic mass is 16.4. The second-order valence-corrected chi connectivity index (χ2v) is 7.77. The molecule has 3 rings (SSSR count). The molecule has 1 aromatic carbocycles. The Hall–Kier alpha value is -4.68. The number of nitrogens with two attached hydrogens (primary N) is 1. The molecule has 13 nitrogen and oxygen atoms in total. The monoisotopic (exact) mass is 484 g/mol. The Labute approximate surface area is 198 Å². The molecule has 2 heterocycles. The third kappa shape index (κ3) is 6.22. The van der Waals surface area contributed by atoms with Crippen molar-refractivity contribution >= 4 is 46.4 Å². The Morgan fingerprint density at radius 1 is 1.14 bits per heavy atom. The van der Waals surface area contributed by atoms with Crippen LogP contribution in [0.2, 0.25) is 0 Å².